The van der Waals surface area contributed by atoms with Crippen molar-refractivity contribution < 1.29 is 13.2 Å². The summed E-state index contributed by atoms with van der Waals surface area (Å²) in [5.74, 6) is 0. The van der Waals surface area contributed by atoms with Crippen LogP contribution in [0.15, 0.2) is 42.5 Å². The summed E-state index contributed by atoms with van der Waals surface area (Å²) in [6, 6.07) is 11.2. The zero-order valence-corrected chi connectivity index (χ0v) is 9.33. The monoisotopic (exact) mass is 252 g/mol. The summed E-state index contributed by atoms with van der Waals surface area (Å²) in [6.45, 7) is 0. The Morgan fingerprint density at radius 2 is 1.39 bits per heavy atom. The van der Waals surface area contributed by atoms with Gasteiger partial charge in [-0.15, -0.1) is 0 Å². The van der Waals surface area contributed by atoms with E-state index in [2.05, 4.69) is 0 Å². The largest absolute Gasteiger partial charge is 0.418 e. The van der Waals surface area contributed by atoms with Gasteiger partial charge >= 0.3 is 6.18 Å². The van der Waals surface area contributed by atoms with E-state index in [9.17, 15) is 13.2 Å². The molecule has 2 rings (SSSR count). The average molecular weight is 252 g/mol. The first kappa shape index (κ1) is 12.3. The highest BCUT2D eigenvalue weighted by Gasteiger charge is 2.34. The number of benzene rings is 2. The lowest BCUT2D eigenvalue weighted by Gasteiger charge is -2.15. The van der Waals surface area contributed by atoms with Crippen molar-refractivity contribution in [1.82, 2.24) is 0 Å². The summed E-state index contributed by atoms with van der Waals surface area (Å²) in [7, 11) is 0. The molecule has 0 unspecified atom stereocenters. The zero-order valence-electron chi connectivity index (χ0n) is 9.33. The number of nitrogens with two attached hydrogens (primary N) is 2. The van der Waals surface area contributed by atoms with Crippen LogP contribution in [-0.2, 0) is 6.18 Å². The molecule has 18 heavy (non-hydrogen) atoms. The van der Waals surface area contributed by atoms with Gasteiger partial charge in [0, 0.05) is 5.56 Å². The number of halogens is 3. The van der Waals surface area contributed by atoms with Crippen LogP contribution in [0, 0.1) is 0 Å². The fourth-order valence-electron chi connectivity index (χ4n) is 1.75. The standard InChI is InChI=1S/C13H11F3N2/c14-13(15,16)10-7-6-9(11(17)12(10)18)8-4-2-1-3-5-8/h1-7H,17-18H2. The topological polar surface area (TPSA) is 52.0 Å². The van der Waals surface area contributed by atoms with Crippen LogP contribution in [-0.4, -0.2) is 0 Å². The Hall–Kier alpha value is -2.17. The molecule has 0 heterocycles. The van der Waals surface area contributed by atoms with Crippen LogP contribution in [0.3, 0.4) is 0 Å². The summed E-state index contributed by atoms with van der Waals surface area (Å²) in [5.41, 5.74) is 11.0. The summed E-state index contributed by atoms with van der Waals surface area (Å²) >= 11 is 0. The highest BCUT2D eigenvalue weighted by Crippen LogP contribution is 2.40. The van der Waals surface area contributed by atoms with Crippen molar-refractivity contribution in [2.45, 2.75) is 6.18 Å². The summed E-state index contributed by atoms with van der Waals surface area (Å²) in [4.78, 5) is 0. The molecule has 4 N–H and O–H groups in total. The normalized spacial score (nSPS) is 11.5. The molecule has 0 saturated carbocycles. The Bertz CT molecular complexity index is 562. The molecule has 2 nitrogen and oxygen atoms in total. The summed E-state index contributed by atoms with van der Waals surface area (Å²) in [5, 5.41) is 0. The SMILES string of the molecule is Nc1c(-c2ccccc2)ccc(C(F)(F)F)c1N. The van der Waals surface area contributed by atoms with E-state index in [0.717, 1.165) is 11.6 Å². The molecule has 0 spiro atoms. The van der Waals surface area contributed by atoms with Gasteiger partial charge in [0.15, 0.2) is 0 Å². The van der Waals surface area contributed by atoms with E-state index in [-0.39, 0.29) is 5.69 Å². The fraction of sp³-hybridized carbons (Fsp3) is 0.0769. The Labute approximate surface area is 102 Å². The first-order valence-corrected chi connectivity index (χ1v) is 5.22. The van der Waals surface area contributed by atoms with Crippen LogP contribution in [0.4, 0.5) is 24.5 Å². The minimum Gasteiger partial charge on any atom is -0.397 e. The third kappa shape index (κ3) is 2.11. The Morgan fingerprint density at radius 3 is 1.94 bits per heavy atom. The second-order valence-corrected chi connectivity index (χ2v) is 3.85. The molecule has 0 saturated heterocycles. The van der Waals surface area contributed by atoms with Crippen molar-refractivity contribution >= 4 is 11.4 Å². The lowest BCUT2D eigenvalue weighted by Crippen LogP contribution is -2.11. The molecule has 2 aromatic rings. The number of rotatable bonds is 1. The summed E-state index contributed by atoms with van der Waals surface area (Å²) < 4.78 is 37.9. The second kappa shape index (κ2) is 4.25. The van der Waals surface area contributed by atoms with Gasteiger partial charge < -0.3 is 11.5 Å². The number of anilines is 2. The second-order valence-electron chi connectivity index (χ2n) is 3.85. The van der Waals surface area contributed by atoms with Crippen LogP contribution in [0.1, 0.15) is 5.56 Å². The van der Waals surface area contributed by atoms with Crippen LogP contribution >= 0.6 is 0 Å². The molecule has 2 aromatic carbocycles. The Kier molecular flexibility index (Phi) is 2.90. The predicted molar refractivity (Wildman–Crippen MR) is 65.7 cm³/mol. The van der Waals surface area contributed by atoms with Gasteiger partial charge in [0.05, 0.1) is 16.9 Å². The van der Waals surface area contributed by atoms with Crippen molar-refractivity contribution in [1.29, 1.82) is 0 Å². The first-order valence-electron chi connectivity index (χ1n) is 5.22. The van der Waals surface area contributed by atoms with Crippen molar-refractivity contribution in [3.63, 3.8) is 0 Å². The molecular formula is C13H11F3N2. The van der Waals surface area contributed by atoms with Crippen molar-refractivity contribution in [2.24, 2.45) is 0 Å². The van der Waals surface area contributed by atoms with Crippen molar-refractivity contribution in [3.05, 3.63) is 48.0 Å². The Morgan fingerprint density at radius 1 is 0.778 bits per heavy atom. The molecule has 0 aliphatic carbocycles. The summed E-state index contributed by atoms with van der Waals surface area (Å²) in [6.07, 6.45) is -4.49. The fourth-order valence-corrected chi connectivity index (χ4v) is 1.75. The zero-order chi connectivity index (χ0) is 13.3. The van der Waals surface area contributed by atoms with Gasteiger partial charge in [0.1, 0.15) is 0 Å². The number of nitrogen functional groups attached to an aromatic ring is 2. The van der Waals surface area contributed by atoms with Gasteiger partial charge in [-0.3, -0.25) is 0 Å². The Balaban J connectivity index is 2.58. The highest BCUT2D eigenvalue weighted by atomic mass is 19.4. The molecule has 0 fully saturated rings. The smallest absolute Gasteiger partial charge is 0.397 e. The molecule has 0 bridgehead atoms. The minimum absolute atomic E-state index is 0.0453. The van der Waals surface area contributed by atoms with Crippen LogP contribution in [0.2, 0.25) is 0 Å². The molecule has 0 radical (unpaired) electrons. The van der Waals surface area contributed by atoms with E-state index in [1.807, 2.05) is 6.07 Å². The van der Waals surface area contributed by atoms with Gasteiger partial charge in [-0.25, -0.2) is 0 Å². The maximum Gasteiger partial charge on any atom is 0.418 e. The van der Waals surface area contributed by atoms with Gasteiger partial charge in [0.25, 0.3) is 0 Å². The van der Waals surface area contributed by atoms with Crippen LogP contribution in [0.5, 0.6) is 0 Å². The third-order valence-corrected chi connectivity index (χ3v) is 2.68. The molecule has 0 atom stereocenters. The number of hydrogen-bond donors (Lipinski definition) is 2. The maximum absolute atomic E-state index is 12.6. The van der Waals surface area contributed by atoms with E-state index in [1.54, 1.807) is 24.3 Å². The van der Waals surface area contributed by atoms with Crippen LogP contribution < -0.4 is 11.5 Å². The maximum atomic E-state index is 12.6. The van der Waals surface area contributed by atoms with E-state index < -0.39 is 17.4 Å². The van der Waals surface area contributed by atoms with E-state index in [1.165, 1.54) is 6.07 Å². The van der Waals surface area contributed by atoms with Crippen LogP contribution in [0.25, 0.3) is 11.1 Å². The molecule has 0 amide bonds. The van der Waals surface area contributed by atoms with Gasteiger partial charge in [-0.2, -0.15) is 13.2 Å². The van der Waals surface area contributed by atoms with E-state index >= 15 is 0 Å². The lowest BCUT2D eigenvalue weighted by atomic mass is 10.00. The van der Waals surface area contributed by atoms with Gasteiger partial charge in [-0.05, 0) is 11.6 Å². The molecule has 0 aromatic heterocycles. The predicted octanol–water partition coefficient (Wildman–Crippen LogP) is 3.54. The molecule has 5 heteroatoms. The first-order chi connectivity index (χ1) is 8.41. The number of alkyl halides is 3. The third-order valence-electron chi connectivity index (χ3n) is 2.68. The van der Waals surface area contributed by atoms with Gasteiger partial charge in [0.2, 0.25) is 0 Å². The average Bonchev–Trinajstić information content (AvgIpc) is 2.32. The molecule has 0 aliphatic rings. The van der Waals surface area contributed by atoms with E-state index in [4.69, 9.17) is 11.5 Å². The highest BCUT2D eigenvalue weighted by molar-refractivity contribution is 5.86. The minimum atomic E-state index is -4.49. The number of hydrogen-bond acceptors (Lipinski definition) is 2. The van der Waals surface area contributed by atoms with Crippen molar-refractivity contribution in [3.8, 4) is 11.1 Å². The molecular weight excluding hydrogens is 241 g/mol. The van der Waals surface area contributed by atoms with E-state index in [0.29, 0.717) is 5.56 Å². The quantitative estimate of drug-likeness (QED) is 0.763. The molecule has 0 aliphatic heterocycles. The lowest BCUT2D eigenvalue weighted by molar-refractivity contribution is -0.136. The van der Waals surface area contributed by atoms with Gasteiger partial charge in [-0.1, -0.05) is 36.4 Å². The van der Waals surface area contributed by atoms with Crippen molar-refractivity contribution in [2.75, 3.05) is 11.5 Å². The molecule has 94 valence electrons.